The van der Waals surface area contributed by atoms with E-state index in [1.54, 1.807) is 19.1 Å². The SMILES string of the molecule is CO[C@@H]([C@@H](C)[C@@H](CC[C@H](C)[C@H](C[C@H](O)C(C)C)OC)OC(=O)C(C)C)[C@H](C)/C=C/N1CCC1=O. The maximum absolute atomic E-state index is 12.5. The molecule has 1 saturated heterocycles. The van der Waals surface area contributed by atoms with Crippen LogP contribution in [0.1, 0.15) is 74.1 Å². The molecule has 0 saturated carbocycles. The Bertz CT molecular complexity index is 649. The van der Waals surface area contributed by atoms with E-state index in [4.69, 9.17) is 14.2 Å². The standard InChI is InChI=1S/C27H49NO6/c1-17(2)22(29)16-24(32-8)19(5)10-11-23(34-27(31)18(3)4)21(7)26(33-9)20(6)12-14-28-15-13-25(28)30/h12,14,17-24,26,29H,10-11,13,15-16H2,1-9H3/b14-12+/t19-,20+,21-,22-,23+,24-,26+/m0/s1. The number of methoxy groups -OCH3 is 2. The van der Waals surface area contributed by atoms with Gasteiger partial charge in [0.05, 0.1) is 24.2 Å². The van der Waals surface area contributed by atoms with Crippen molar-refractivity contribution in [3.05, 3.63) is 12.3 Å². The molecular weight excluding hydrogens is 434 g/mol. The second-order valence-electron chi connectivity index (χ2n) is 10.6. The zero-order valence-corrected chi connectivity index (χ0v) is 22.8. The van der Waals surface area contributed by atoms with Gasteiger partial charge in [-0.3, -0.25) is 9.59 Å². The number of hydrogen-bond acceptors (Lipinski definition) is 6. The number of aliphatic hydroxyl groups is 1. The average molecular weight is 484 g/mol. The summed E-state index contributed by atoms with van der Waals surface area (Å²) in [6.45, 7) is 14.7. The zero-order chi connectivity index (χ0) is 26.0. The Morgan fingerprint density at radius 1 is 1.03 bits per heavy atom. The summed E-state index contributed by atoms with van der Waals surface area (Å²) in [5, 5.41) is 10.3. The van der Waals surface area contributed by atoms with E-state index in [0.29, 0.717) is 19.3 Å². The van der Waals surface area contributed by atoms with Gasteiger partial charge < -0.3 is 24.2 Å². The molecule has 1 rings (SSSR count). The predicted molar refractivity (Wildman–Crippen MR) is 134 cm³/mol. The molecule has 1 N–H and O–H groups in total. The van der Waals surface area contributed by atoms with Crippen molar-refractivity contribution in [3.63, 3.8) is 0 Å². The summed E-state index contributed by atoms with van der Waals surface area (Å²) >= 11 is 0. The molecule has 0 spiro atoms. The van der Waals surface area contributed by atoms with Crippen molar-refractivity contribution in [3.8, 4) is 0 Å². The Morgan fingerprint density at radius 2 is 1.68 bits per heavy atom. The molecule has 7 atom stereocenters. The molecule has 0 aromatic heterocycles. The van der Waals surface area contributed by atoms with Crippen molar-refractivity contribution in [2.75, 3.05) is 20.8 Å². The van der Waals surface area contributed by atoms with Crippen LogP contribution < -0.4 is 0 Å². The van der Waals surface area contributed by atoms with Crippen LogP contribution >= 0.6 is 0 Å². The molecule has 1 aliphatic rings. The maximum Gasteiger partial charge on any atom is 0.308 e. The van der Waals surface area contributed by atoms with Gasteiger partial charge in [0.15, 0.2) is 0 Å². The number of nitrogens with zero attached hydrogens (tertiary/aromatic N) is 1. The number of carbonyl (C=O) groups excluding carboxylic acids is 2. The number of β-lactam (4-membered cyclic amide) rings is 1. The highest BCUT2D eigenvalue weighted by molar-refractivity contribution is 5.82. The lowest BCUT2D eigenvalue weighted by atomic mass is 9.84. The maximum atomic E-state index is 12.5. The van der Waals surface area contributed by atoms with Crippen molar-refractivity contribution in [1.82, 2.24) is 4.90 Å². The van der Waals surface area contributed by atoms with Crippen LogP contribution in [-0.4, -0.2) is 67.1 Å². The summed E-state index contributed by atoms with van der Waals surface area (Å²) in [4.78, 5) is 25.8. The minimum atomic E-state index is -0.412. The van der Waals surface area contributed by atoms with Crippen LogP contribution in [0, 0.1) is 29.6 Å². The van der Waals surface area contributed by atoms with Gasteiger partial charge in [0.2, 0.25) is 5.91 Å². The minimum Gasteiger partial charge on any atom is -0.462 e. The Kier molecular flexibility index (Phi) is 13.4. The number of ether oxygens (including phenoxy) is 3. The topological polar surface area (TPSA) is 85.3 Å². The van der Waals surface area contributed by atoms with Crippen LogP contribution in [0.5, 0.6) is 0 Å². The number of carbonyl (C=O) groups is 2. The Morgan fingerprint density at radius 3 is 2.12 bits per heavy atom. The normalized spacial score (nSPS) is 20.7. The van der Waals surface area contributed by atoms with Gasteiger partial charge in [0.25, 0.3) is 0 Å². The predicted octanol–water partition coefficient (Wildman–Crippen LogP) is 4.43. The molecule has 198 valence electrons. The molecule has 7 nitrogen and oxygen atoms in total. The third-order valence-corrected chi connectivity index (χ3v) is 7.18. The number of rotatable bonds is 16. The lowest BCUT2D eigenvalue weighted by molar-refractivity contribution is -0.159. The van der Waals surface area contributed by atoms with E-state index in [1.165, 1.54) is 0 Å². The molecule has 0 radical (unpaired) electrons. The van der Waals surface area contributed by atoms with Gasteiger partial charge in [-0.1, -0.05) is 54.5 Å². The van der Waals surface area contributed by atoms with Crippen molar-refractivity contribution in [1.29, 1.82) is 0 Å². The second-order valence-corrected chi connectivity index (χ2v) is 10.6. The summed E-state index contributed by atoms with van der Waals surface area (Å²) < 4.78 is 17.5. The molecule has 1 fully saturated rings. The highest BCUT2D eigenvalue weighted by Crippen LogP contribution is 2.29. The number of likely N-dealkylation sites (tertiary alicyclic amines) is 1. The molecular formula is C27H49NO6. The molecule has 1 amide bonds. The van der Waals surface area contributed by atoms with Gasteiger partial charge in [-0.25, -0.2) is 0 Å². The van der Waals surface area contributed by atoms with E-state index < -0.39 is 6.10 Å². The number of aliphatic hydroxyl groups excluding tert-OH is 1. The van der Waals surface area contributed by atoms with Gasteiger partial charge in [-0.15, -0.1) is 0 Å². The first kappa shape index (κ1) is 30.6. The Hall–Kier alpha value is -1.44. The quantitative estimate of drug-likeness (QED) is 0.258. The third kappa shape index (κ3) is 9.31. The molecule has 0 aromatic rings. The average Bonchev–Trinajstić information content (AvgIpc) is 2.78. The molecule has 1 heterocycles. The highest BCUT2D eigenvalue weighted by atomic mass is 16.5. The lowest BCUT2D eigenvalue weighted by Crippen LogP contribution is -2.40. The van der Waals surface area contributed by atoms with Crippen LogP contribution in [0.4, 0.5) is 0 Å². The molecule has 0 aromatic carbocycles. The molecule has 34 heavy (non-hydrogen) atoms. The first-order chi connectivity index (χ1) is 15.9. The van der Waals surface area contributed by atoms with Crippen LogP contribution in [0.15, 0.2) is 12.3 Å². The molecule has 0 unspecified atom stereocenters. The van der Waals surface area contributed by atoms with Crippen LogP contribution in [0.25, 0.3) is 0 Å². The van der Waals surface area contributed by atoms with E-state index in [1.807, 2.05) is 40.0 Å². The molecule has 7 heteroatoms. The second kappa shape index (κ2) is 14.8. The first-order valence-electron chi connectivity index (χ1n) is 12.8. The molecule has 0 aliphatic carbocycles. The Balaban J connectivity index is 2.90. The lowest BCUT2D eigenvalue weighted by Gasteiger charge is -2.35. The van der Waals surface area contributed by atoms with Crippen LogP contribution in [0.3, 0.4) is 0 Å². The van der Waals surface area contributed by atoms with Crippen LogP contribution in [-0.2, 0) is 23.8 Å². The monoisotopic (exact) mass is 483 g/mol. The Labute approximate surface area is 207 Å². The van der Waals surface area contributed by atoms with E-state index in [0.717, 1.165) is 13.0 Å². The van der Waals surface area contributed by atoms with E-state index >= 15 is 0 Å². The summed E-state index contributed by atoms with van der Waals surface area (Å²) in [5.41, 5.74) is 0. The minimum absolute atomic E-state index is 0.0407. The number of esters is 1. The van der Waals surface area contributed by atoms with Crippen molar-refractivity contribution >= 4 is 11.9 Å². The number of hydrogen-bond donors (Lipinski definition) is 1. The highest BCUT2D eigenvalue weighted by Gasteiger charge is 2.33. The van der Waals surface area contributed by atoms with E-state index in [9.17, 15) is 14.7 Å². The summed E-state index contributed by atoms with van der Waals surface area (Å²) in [5.74, 6) is 0.0733. The largest absolute Gasteiger partial charge is 0.462 e. The van der Waals surface area contributed by atoms with E-state index in [2.05, 4.69) is 20.8 Å². The van der Waals surface area contributed by atoms with Gasteiger partial charge in [-0.05, 0) is 31.1 Å². The zero-order valence-electron chi connectivity index (χ0n) is 22.8. The van der Waals surface area contributed by atoms with Gasteiger partial charge >= 0.3 is 5.97 Å². The van der Waals surface area contributed by atoms with Crippen molar-refractivity contribution in [2.24, 2.45) is 29.6 Å². The number of amides is 1. The van der Waals surface area contributed by atoms with E-state index in [-0.39, 0.29) is 59.8 Å². The van der Waals surface area contributed by atoms with Crippen LogP contribution in [0.2, 0.25) is 0 Å². The fourth-order valence-electron chi connectivity index (χ4n) is 4.36. The fourth-order valence-corrected chi connectivity index (χ4v) is 4.36. The summed E-state index contributed by atoms with van der Waals surface area (Å²) in [6.07, 6.45) is 5.55. The first-order valence-corrected chi connectivity index (χ1v) is 12.8. The fraction of sp³-hybridized carbons (Fsp3) is 0.852. The smallest absolute Gasteiger partial charge is 0.308 e. The summed E-state index contributed by atoms with van der Waals surface area (Å²) in [6, 6.07) is 0. The third-order valence-electron chi connectivity index (χ3n) is 7.18. The van der Waals surface area contributed by atoms with Gasteiger partial charge in [-0.2, -0.15) is 0 Å². The van der Waals surface area contributed by atoms with Crippen molar-refractivity contribution in [2.45, 2.75) is 98.6 Å². The molecule has 1 aliphatic heterocycles. The van der Waals surface area contributed by atoms with Crippen molar-refractivity contribution < 1.29 is 28.9 Å². The summed E-state index contributed by atoms with van der Waals surface area (Å²) in [7, 11) is 3.36. The van der Waals surface area contributed by atoms with Gasteiger partial charge in [0.1, 0.15) is 6.10 Å². The molecule has 0 bridgehead atoms. The van der Waals surface area contributed by atoms with Gasteiger partial charge in [0, 0.05) is 45.2 Å².